The maximum absolute atomic E-state index is 12.6. The third-order valence-electron chi connectivity index (χ3n) is 6.58. The fourth-order valence-electron chi connectivity index (χ4n) is 4.78. The van der Waals surface area contributed by atoms with E-state index < -0.39 is 16.2 Å². The molecular weight excluding hydrogens is 386 g/mol. The third-order valence-corrected chi connectivity index (χ3v) is 8.08. The largest absolute Gasteiger partial charge is 0.374 e. The molecule has 0 aromatic carbocycles. The van der Waals surface area contributed by atoms with Crippen LogP contribution in [0, 0.1) is 17.3 Å². The average molecular weight is 428 g/mol. The zero-order valence-corrected chi connectivity index (χ0v) is 19.6. The van der Waals surface area contributed by atoms with Crippen molar-refractivity contribution in [2.75, 3.05) is 18.6 Å². The number of ether oxygens (including phenoxy) is 1. The summed E-state index contributed by atoms with van der Waals surface area (Å²) in [5.74, 6) is 2.26. The number of allylic oxidation sites excluding steroid dienone is 2. The Labute approximate surface area is 179 Å². The van der Waals surface area contributed by atoms with E-state index in [1.54, 1.807) is 0 Å². The number of hydrogen-bond donors (Lipinski definition) is 1. The van der Waals surface area contributed by atoms with Gasteiger partial charge in [0.25, 0.3) is 5.91 Å². The first kappa shape index (κ1) is 24.5. The van der Waals surface area contributed by atoms with Gasteiger partial charge in [-0.05, 0) is 44.4 Å². The first-order chi connectivity index (χ1) is 13.8. The molecule has 2 fully saturated rings. The van der Waals surface area contributed by atoms with E-state index in [0.29, 0.717) is 35.5 Å². The van der Waals surface area contributed by atoms with Gasteiger partial charge in [0.15, 0.2) is 0 Å². The van der Waals surface area contributed by atoms with E-state index in [1.165, 1.54) is 26.3 Å². The van der Waals surface area contributed by atoms with Crippen molar-refractivity contribution in [2.24, 2.45) is 17.3 Å². The van der Waals surface area contributed by atoms with Gasteiger partial charge in [-0.25, -0.2) is 5.06 Å². The van der Waals surface area contributed by atoms with Gasteiger partial charge in [-0.2, -0.15) is 0 Å². The Morgan fingerprint density at radius 2 is 1.86 bits per heavy atom. The summed E-state index contributed by atoms with van der Waals surface area (Å²) in [6.45, 7) is 5.93. The number of hydroxylamine groups is 2. The molecule has 29 heavy (non-hydrogen) atoms. The van der Waals surface area contributed by atoms with Crippen molar-refractivity contribution >= 4 is 16.7 Å². The van der Waals surface area contributed by atoms with Gasteiger partial charge < -0.3 is 4.74 Å². The first-order valence-corrected chi connectivity index (χ1v) is 12.9. The summed E-state index contributed by atoms with van der Waals surface area (Å²) in [6.07, 6.45) is 14.4. The van der Waals surface area contributed by atoms with Crippen LogP contribution in [0.5, 0.6) is 0 Å². The van der Waals surface area contributed by atoms with E-state index in [1.807, 2.05) is 13.8 Å². The number of fused-ring (bicyclic) bond motifs is 2. The number of carbonyl (C=O) groups is 1. The van der Waals surface area contributed by atoms with Crippen molar-refractivity contribution in [1.29, 1.82) is 0 Å². The van der Waals surface area contributed by atoms with Crippen LogP contribution in [0.15, 0.2) is 12.2 Å². The highest BCUT2D eigenvalue weighted by Crippen LogP contribution is 2.45. The minimum Gasteiger partial charge on any atom is -0.374 e. The maximum Gasteiger partial charge on any atom is 0.251 e. The molecule has 2 heterocycles. The number of rotatable bonds is 13. The molecule has 2 saturated heterocycles. The van der Waals surface area contributed by atoms with Gasteiger partial charge in [0, 0.05) is 40.7 Å². The quantitative estimate of drug-likeness (QED) is 0.200. The normalized spacial score (nSPS) is 27.6. The molecule has 0 saturated carbocycles. The lowest BCUT2D eigenvalue weighted by atomic mass is 9.78. The van der Waals surface area contributed by atoms with Crippen LogP contribution < -0.4 is 0 Å². The van der Waals surface area contributed by atoms with Crippen molar-refractivity contribution in [2.45, 2.75) is 90.8 Å². The van der Waals surface area contributed by atoms with Crippen LogP contribution in [0.1, 0.15) is 78.6 Å². The molecule has 6 heteroatoms. The molecule has 1 N–H and O–H groups in total. The van der Waals surface area contributed by atoms with E-state index in [4.69, 9.17) is 4.74 Å². The molecule has 168 valence electrons. The number of nitrogens with zero attached hydrogens (tertiary/aromatic N) is 1. The highest BCUT2D eigenvalue weighted by molar-refractivity contribution is 7.84. The minimum atomic E-state index is -0.736. The molecule has 0 aliphatic carbocycles. The Morgan fingerprint density at radius 1 is 1.17 bits per heavy atom. The number of carbonyl (C=O) groups excluding carboxylic acids is 1. The van der Waals surface area contributed by atoms with Crippen LogP contribution in [-0.2, 0) is 20.3 Å². The summed E-state index contributed by atoms with van der Waals surface area (Å²) in [7, 11) is 0.642. The minimum absolute atomic E-state index is 0.256. The molecule has 0 spiro atoms. The monoisotopic (exact) mass is 427 g/mol. The summed E-state index contributed by atoms with van der Waals surface area (Å²) < 4.78 is 18.7. The smallest absolute Gasteiger partial charge is 0.251 e. The zero-order valence-electron chi connectivity index (χ0n) is 18.8. The molecule has 2 aliphatic heterocycles. The zero-order chi connectivity index (χ0) is 21.4. The standard InChI is InChI=1S/C23H41NO4S/c1-5-6-7-11-16-29(27)17-19-18(20-13-14-21(19)28-20)12-9-8-10-15-23(2,3)22(25)24(4)26/h8-9,18-21,26H,5-7,10-17H2,1-4H3/t18-,19+,20-,21+,29?/m0/s1. The fraction of sp³-hybridized carbons (Fsp3) is 0.870. The van der Waals surface area contributed by atoms with Gasteiger partial charge in [0.1, 0.15) is 0 Å². The SMILES string of the molecule is CCCCCCS(=O)C[C@@H]1[C@H](CC=CCCC(C)(C)C(=O)N(C)O)[C@@H]2CC[C@H]1O2. The first-order valence-electron chi connectivity index (χ1n) is 11.4. The predicted molar refractivity (Wildman–Crippen MR) is 118 cm³/mol. The van der Waals surface area contributed by atoms with Crippen molar-refractivity contribution in [3.63, 3.8) is 0 Å². The molecule has 0 aromatic rings. The molecule has 0 aromatic heterocycles. The van der Waals surface area contributed by atoms with Crippen LogP contribution in [0.2, 0.25) is 0 Å². The Balaban J connectivity index is 1.78. The van der Waals surface area contributed by atoms with Gasteiger partial charge in [0.2, 0.25) is 0 Å². The van der Waals surface area contributed by atoms with Crippen LogP contribution in [0.3, 0.4) is 0 Å². The molecule has 2 rings (SSSR count). The molecule has 2 bridgehead atoms. The maximum atomic E-state index is 12.6. The third kappa shape index (κ3) is 7.18. The lowest BCUT2D eigenvalue weighted by Crippen LogP contribution is -2.36. The van der Waals surface area contributed by atoms with E-state index in [0.717, 1.165) is 43.6 Å². The van der Waals surface area contributed by atoms with Crippen molar-refractivity contribution in [1.82, 2.24) is 5.06 Å². The van der Waals surface area contributed by atoms with E-state index in [2.05, 4.69) is 19.1 Å². The van der Waals surface area contributed by atoms with Gasteiger partial charge in [0.05, 0.1) is 12.2 Å². The predicted octanol–water partition coefficient (Wildman–Crippen LogP) is 4.71. The second kappa shape index (κ2) is 11.6. The van der Waals surface area contributed by atoms with Crippen LogP contribution in [-0.4, -0.2) is 51.1 Å². The molecule has 0 radical (unpaired) electrons. The number of hydrogen-bond acceptors (Lipinski definition) is 4. The van der Waals surface area contributed by atoms with Crippen LogP contribution in [0.4, 0.5) is 0 Å². The summed E-state index contributed by atoms with van der Waals surface area (Å²) >= 11 is 0. The van der Waals surface area contributed by atoms with E-state index in [-0.39, 0.29) is 5.91 Å². The highest BCUT2D eigenvalue weighted by atomic mass is 32.2. The second-order valence-corrected chi connectivity index (χ2v) is 11.1. The van der Waals surface area contributed by atoms with Crippen molar-refractivity contribution in [3.8, 4) is 0 Å². The molecule has 2 aliphatic rings. The van der Waals surface area contributed by atoms with Crippen molar-refractivity contribution in [3.05, 3.63) is 12.2 Å². The number of unbranched alkanes of at least 4 members (excludes halogenated alkanes) is 3. The molecule has 5 nitrogen and oxygen atoms in total. The van der Waals surface area contributed by atoms with Crippen LogP contribution >= 0.6 is 0 Å². The molecular formula is C23H41NO4S. The number of amides is 1. The lowest BCUT2D eigenvalue weighted by Gasteiger charge is -2.27. The second-order valence-electron chi connectivity index (χ2n) is 9.45. The van der Waals surface area contributed by atoms with Crippen molar-refractivity contribution < 1.29 is 18.9 Å². The average Bonchev–Trinajstić information content (AvgIpc) is 3.26. The highest BCUT2D eigenvalue weighted by Gasteiger charge is 2.48. The summed E-state index contributed by atoms with van der Waals surface area (Å²) in [5, 5.41) is 10.1. The Hall–Kier alpha value is -0.720. The fourth-order valence-corrected chi connectivity index (χ4v) is 6.36. The molecule has 5 atom stereocenters. The molecule has 1 amide bonds. The Bertz CT molecular complexity index is 575. The van der Waals surface area contributed by atoms with E-state index >= 15 is 0 Å². The van der Waals surface area contributed by atoms with Crippen LogP contribution in [0.25, 0.3) is 0 Å². The lowest BCUT2D eigenvalue weighted by molar-refractivity contribution is -0.169. The van der Waals surface area contributed by atoms with Gasteiger partial charge in [-0.1, -0.05) is 52.2 Å². The van der Waals surface area contributed by atoms with Gasteiger partial charge in [-0.3, -0.25) is 14.2 Å². The summed E-state index contributed by atoms with van der Waals surface area (Å²) in [4.78, 5) is 12.0. The summed E-state index contributed by atoms with van der Waals surface area (Å²) in [6, 6.07) is 0. The topological polar surface area (TPSA) is 66.8 Å². The Kier molecular flexibility index (Phi) is 9.83. The molecule has 1 unspecified atom stereocenters. The Morgan fingerprint density at radius 3 is 2.52 bits per heavy atom. The van der Waals surface area contributed by atoms with Gasteiger partial charge >= 0.3 is 0 Å². The summed E-state index contributed by atoms with van der Waals surface area (Å²) in [5.41, 5.74) is -0.569. The van der Waals surface area contributed by atoms with E-state index in [9.17, 15) is 14.2 Å². The van der Waals surface area contributed by atoms with Gasteiger partial charge in [-0.15, -0.1) is 0 Å².